The van der Waals surface area contributed by atoms with Gasteiger partial charge in [-0.1, -0.05) is 37.3 Å². The third-order valence-corrected chi connectivity index (χ3v) is 4.23. The van der Waals surface area contributed by atoms with Crippen LogP contribution in [0, 0.1) is 0 Å². The molecule has 2 rings (SSSR count). The van der Waals surface area contributed by atoms with Gasteiger partial charge in [0.15, 0.2) is 0 Å². The normalized spacial score (nSPS) is 11.7. The SMILES string of the molecule is CC=CCOCc1c(CNCC)sc2ccccc12. The maximum Gasteiger partial charge on any atom is 0.0738 e. The molecule has 0 fully saturated rings. The van der Waals surface area contributed by atoms with Crippen LogP contribution in [0.3, 0.4) is 0 Å². The van der Waals surface area contributed by atoms with Gasteiger partial charge in [0, 0.05) is 21.7 Å². The topological polar surface area (TPSA) is 21.3 Å². The average Bonchev–Trinajstić information content (AvgIpc) is 2.79. The number of allylic oxidation sites excluding steroid dienone is 1. The Morgan fingerprint density at radius 3 is 2.95 bits per heavy atom. The van der Waals surface area contributed by atoms with Crippen LogP contribution in [0.25, 0.3) is 10.1 Å². The summed E-state index contributed by atoms with van der Waals surface area (Å²) < 4.78 is 7.09. The lowest BCUT2D eigenvalue weighted by Gasteiger charge is -2.05. The Kier molecular flexibility index (Phi) is 5.58. The molecule has 0 saturated carbocycles. The molecule has 102 valence electrons. The van der Waals surface area contributed by atoms with E-state index < -0.39 is 0 Å². The maximum atomic E-state index is 5.74. The molecular weight excluding hydrogens is 254 g/mol. The fourth-order valence-electron chi connectivity index (χ4n) is 2.01. The quantitative estimate of drug-likeness (QED) is 0.606. The van der Waals surface area contributed by atoms with Crippen molar-refractivity contribution in [2.24, 2.45) is 0 Å². The summed E-state index contributed by atoms with van der Waals surface area (Å²) in [6.07, 6.45) is 4.06. The van der Waals surface area contributed by atoms with E-state index in [1.807, 2.05) is 30.4 Å². The second-order valence-electron chi connectivity index (χ2n) is 4.36. The Labute approximate surface area is 119 Å². The number of hydrogen-bond acceptors (Lipinski definition) is 3. The maximum absolute atomic E-state index is 5.74. The van der Waals surface area contributed by atoms with E-state index in [1.54, 1.807) is 0 Å². The highest BCUT2D eigenvalue weighted by molar-refractivity contribution is 7.19. The number of benzene rings is 1. The molecule has 0 aliphatic heterocycles. The molecule has 1 N–H and O–H groups in total. The molecule has 0 unspecified atom stereocenters. The van der Waals surface area contributed by atoms with Crippen molar-refractivity contribution in [3.05, 3.63) is 46.9 Å². The highest BCUT2D eigenvalue weighted by atomic mass is 32.1. The third-order valence-electron chi connectivity index (χ3n) is 3.01. The lowest BCUT2D eigenvalue weighted by molar-refractivity contribution is 0.149. The molecule has 0 saturated heterocycles. The number of thiophene rings is 1. The van der Waals surface area contributed by atoms with Crippen LogP contribution in [0.4, 0.5) is 0 Å². The zero-order valence-electron chi connectivity index (χ0n) is 11.6. The number of fused-ring (bicyclic) bond motifs is 1. The largest absolute Gasteiger partial charge is 0.373 e. The van der Waals surface area contributed by atoms with Crippen LogP contribution in [0.15, 0.2) is 36.4 Å². The summed E-state index contributed by atoms with van der Waals surface area (Å²) in [5.74, 6) is 0. The predicted molar refractivity (Wildman–Crippen MR) is 83.7 cm³/mol. The molecule has 0 radical (unpaired) electrons. The first-order valence-electron chi connectivity index (χ1n) is 6.75. The van der Waals surface area contributed by atoms with Crippen LogP contribution in [0.1, 0.15) is 24.3 Å². The molecule has 1 heterocycles. The van der Waals surface area contributed by atoms with Crippen molar-refractivity contribution in [1.82, 2.24) is 5.32 Å². The summed E-state index contributed by atoms with van der Waals surface area (Å²) in [5, 5.41) is 4.74. The van der Waals surface area contributed by atoms with Gasteiger partial charge in [-0.3, -0.25) is 0 Å². The van der Waals surface area contributed by atoms with Crippen molar-refractivity contribution in [3.63, 3.8) is 0 Å². The van der Waals surface area contributed by atoms with Gasteiger partial charge in [0.05, 0.1) is 13.2 Å². The summed E-state index contributed by atoms with van der Waals surface area (Å²) >= 11 is 1.87. The van der Waals surface area contributed by atoms with E-state index in [1.165, 1.54) is 20.5 Å². The van der Waals surface area contributed by atoms with E-state index in [4.69, 9.17) is 4.74 Å². The van der Waals surface area contributed by atoms with E-state index in [9.17, 15) is 0 Å². The van der Waals surface area contributed by atoms with Gasteiger partial charge in [0.1, 0.15) is 0 Å². The molecule has 0 spiro atoms. The van der Waals surface area contributed by atoms with Gasteiger partial charge in [-0.25, -0.2) is 0 Å². The molecule has 1 aromatic heterocycles. The third kappa shape index (κ3) is 3.66. The van der Waals surface area contributed by atoms with Crippen molar-refractivity contribution < 1.29 is 4.74 Å². The van der Waals surface area contributed by atoms with E-state index in [0.29, 0.717) is 13.2 Å². The molecule has 1 aromatic carbocycles. The molecule has 0 amide bonds. The van der Waals surface area contributed by atoms with Crippen molar-refractivity contribution >= 4 is 21.4 Å². The Hall–Kier alpha value is -1.16. The first-order valence-corrected chi connectivity index (χ1v) is 7.57. The number of nitrogens with one attached hydrogen (secondary N) is 1. The highest BCUT2D eigenvalue weighted by Gasteiger charge is 2.11. The summed E-state index contributed by atoms with van der Waals surface area (Å²) in [6.45, 7) is 7.44. The minimum absolute atomic E-state index is 0.682. The Balaban J connectivity index is 2.20. The Bertz CT molecular complexity index is 545. The van der Waals surface area contributed by atoms with Crippen LogP contribution in [0.2, 0.25) is 0 Å². The molecule has 19 heavy (non-hydrogen) atoms. The van der Waals surface area contributed by atoms with Gasteiger partial charge in [0.2, 0.25) is 0 Å². The van der Waals surface area contributed by atoms with Gasteiger partial charge < -0.3 is 10.1 Å². The van der Waals surface area contributed by atoms with Crippen molar-refractivity contribution in [2.75, 3.05) is 13.2 Å². The number of ether oxygens (including phenoxy) is 1. The van der Waals surface area contributed by atoms with Crippen molar-refractivity contribution in [1.29, 1.82) is 0 Å². The van der Waals surface area contributed by atoms with Crippen LogP contribution in [0.5, 0.6) is 0 Å². The van der Waals surface area contributed by atoms with Crippen molar-refractivity contribution in [2.45, 2.75) is 27.0 Å². The zero-order valence-corrected chi connectivity index (χ0v) is 12.4. The average molecular weight is 275 g/mol. The Morgan fingerprint density at radius 2 is 2.16 bits per heavy atom. The van der Waals surface area contributed by atoms with Gasteiger partial charge in [0.25, 0.3) is 0 Å². The summed E-state index contributed by atoms with van der Waals surface area (Å²) in [5.41, 5.74) is 1.34. The highest BCUT2D eigenvalue weighted by Crippen LogP contribution is 2.31. The number of hydrogen-bond donors (Lipinski definition) is 1. The smallest absolute Gasteiger partial charge is 0.0738 e. The molecular formula is C16H21NOS. The monoisotopic (exact) mass is 275 g/mol. The van der Waals surface area contributed by atoms with Gasteiger partial charge >= 0.3 is 0 Å². The van der Waals surface area contributed by atoms with E-state index in [2.05, 4.69) is 36.5 Å². The van der Waals surface area contributed by atoms with Gasteiger partial charge in [-0.05, 0) is 24.9 Å². The summed E-state index contributed by atoms with van der Waals surface area (Å²) in [6, 6.07) is 8.57. The Morgan fingerprint density at radius 1 is 1.32 bits per heavy atom. The summed E-state index contributed by atoms with van der Waals surface area (Å²) in [7, 11) is 0. The minimum atomic E-state index is 0.682. The van der Waals surface area contributed by atoms with Crippen molar-refractivity contribution in [3.8, 4) is 0 Å². The molecule has 0 atom stereocenters. The molecule has 2 nitrogen and oxygen atoms in total. The zero-order chi connectivity index (χ0) is 13.5. The fourth-order valence-corrected chi connectivity index (χ4v) is 3.19. The minimum Gasteiger partial charge on any atom is -0.373 e. The molecule has 2 aromatic rings. The molecule has 0 aliphatic carbocycles. The van der Waals surface area contributed by atoms with E-state index in [0.717, 1.165) is 13.1 Å². The van der Waals surface area contributed by atoms with Gasteiger partial charge in [-0.15, -0.1) is 11.3 Å². The second kappa shape index (κ2) is 7.43. The van der Waals surface area contributed by atoms with Crippen LogP contribution >= 0.6 is 11.3 Å². The second-order valence-corrected chi connectivity index (χ2v) is 5.50. The lowest BCUT2D eigenvalue weighted by atomic mass is 10.1. The van der Waals surface area contributed by atoms with Crippen LogP contribution in [-0.4, -0.2) is 13.2 Å². The van der Waals surface area contributed by atoms with E-state index in [-0.39, 0.29) is 0 Å². The molecule has 0 bridgehead atoms. The van der Waals surface area contributed by atoms with Crippen LogP contribution < -0.4 is 5.32 Å². The first-order chi connectivity index (χ1) is 9.36. The molecule has 3 heteroatoms. The molecule has 0 aliphatic rings. The number of rotatable bonds is 7. The summed E-state index contributed by atoms with van der Waals surface area (Å²) in [4.78, 5) is 1.39. The fraction of sp³-hybridized carbons (Fsp3) is 0.375. The van der Waals surface area contributed by atoms with Crippen LogP contribution in [-0.2, 0) is 17.9 Å². The predicted octanol–water partition coefficient (Wildman–Crippen LogP) is 4.10. The standard InChI is InChI=1S/C16H21NOS/c1-3-5-10-18-12-14-13-8-6-7-9-15(13)19-16(14)11-17-4-2/h3,5-9,17H,4,10-12H2,1-2H3. The van der Waals surface area contributed by atoms with E-state index >= 15 is 0 Å². The lowest BCUT2D eigenvalue weighted by Crippen LogP contribution is -2.12. The first kappa shape index (κ1) is 14.3. The van der Waals surface area contributed by atoms with Gasteiger partial charge in [-0.2, -0.15) is 0 Å².